The highest BCUT2D eigenvalue weighted by Gasteiger charge is 2.09. The smallest absolute Gasteiger partial charge is 0.344 e. The van der Waals surface area contributed by atoms with Gasteiger partial charge in [0.2, 0.25) is 0 Å². The molecule has 0 saturated carbocycles. The molecule has 0 amide bonds. The van der Waals surface area contributed by atoms with E-state index in [4.69, 9.17) is 14.3 Å². The maximum atomic E-state index is 12.3. The second-order valence-corrected chi connectivity index (χ2v) is 6.07. The number of rotatable bonds is 7. The molecule has 0 bridgehead atoms. The topological polar surface area (TPSA) is 59.7 Å². The van der Waals surface area contributed by atoms with Crippen LogP contribution in [0.25, 0.3) is 22.1 Å². The van der Waals surface area contributed by atoms with Gasteiger partial charge in [0.25, 0.3) is 0 Å². The van der Waals surface area contributed by atoms with E-state index in [2.05, 4.69) is 19.1 Å². The van der Waals surface area contributed by atoms with Crippen molar-refractivity contribution in [2.45, 2.75) is 32.6 Å². The average Bonchev–Trinajstić information content (AvgIpc) is 2.62. The minimum absolute atomic E-state index is 0.382. The van der Waals surface area contributed by atoms with Crippen molar-refractivity contribution < 1.29 is 14.3 Å². The van der Waals surface area contributed by atoms with Crippen LogP contribution in [-0.4, -0.2) is 11.9 Å². The molecule has 0 aliphatic rings. The first-order chi connectivity index (χ1) is 12.2. The van der Waals surface area contributed by atoms with Crippen LogP contribution in [0.1, 0.15) is 31.7 Å². The Morgan fingerprint density at radius 1 is 1.04 bits per heavy atom. The van der Waals surface area contributed by atoms with E-state index in [1.165, 1.54) is 24.8 Å². The third kappa shape index (κ3) is 4.09. The number of hydrogen-bond donors (Lipinski definition) is 1. The molecule has 3 rings (SSSR count). The minimum atomic E-state index is -0.418. The molecule has 130 valence electrons. The third-order valence-corrected chi connectivity index (χ3v) is 4.27. The zero-order valence-corrected chi connectivity index (χ0v) is 14.3. The first-order valence-electron chi connectivity index (χ1n) is 8.62. The summed E-state index contributed by atoms with van der Waals surface area (Å²) in [6, 6.07) is 15.1. The molecule has 2 aromatic carbocycles. The largest absolute Gasteiger partial charge is 0.468 e. The Balaban J connectivity index is 1.89. The first-order valence-corrected chi connectivity index (χ1v) is 8.62. The van der Waals surface area contributed by atoms with Crippen molar-refractivity contribution in [3.8, 4) is 16.9 Å². The molecular formula is C21H22O4. The molecule has 0 aliphatic carbocycles. The second kappa shape index (κ2) is 7.99. The number of fused-ring (bicyclic) bond motifs is 1. The SMILES string of the molecule is CCCCCc1ccc(-c2cc3ccc(OCO)cc3oc2=O)cc1. The number of hydrogen-bond acceptors (Lipinski definition) is 4. The Hall–Kier alpha value is -2.59. The quantitative estimate of drug-likeness (QED) is 0.391. The van der Waals surface area contributed by atoms with Crippen molar-refractivity contribution in [1.82, 2.24) is 0 Å². The van der Waals surface area contributed by atoms with Crippen LogP contribution in [0.2, 0.25) is 0 Å². The van der Waals surface area contributed by atoms with E-state index < -0.39 is 6.79 Å². The van der Waals surface area contributed by atoms with Gasteiger partial charge in [-0.05, 0) is 42.2 Å². The Kier molecular flexibility index (Phi) is 5.51. The van der Waals surface area contributed by atoms with Crippen LogP contribution in [0.3, 0.4) is 0 Å². The number of benzene rings is 2. The van der Waals surface area contributed by atoms with Gasteiger partial charge in [0, 0.05) is 11.5 Å². The number of aliphatic hydroxyl groups is 1. The van der Waals surface area contributed by atoms with Crippen molar-refractivity contribution in [3.05, 3.63) is 64.5 Å². The third-order valence-electron chi connectivity index (χ3n) is 4.27. The van der Waals surface area contributed by atoms with E-state index in [1.807, 2.05) is 24.3 Å². The van der Waals surface area contributed by atoms with E-state index in [0.717, 1.165) is 17.4 Å². The molecule has 0 fully saturated rings. The van der Waals surface area contributed by atoms with Crippen molar-refractivity contribution in [1.29, 1.82) is 0 Å². The normalized spacial score (nSPS) is 11.0. The minimum Gasteiger partial charge on any atom is -0.468 e. The van der Waals surface area contributed by atoms with Gasteiger partial charge in [0.1, 0.15) is 11.3 Å². The van der Waals surface area contributed by atoms with Gasteiger partial charge in [-0.2, -0.15) is 0 Å². The summed E-state index contributed by atoms with van der Waals surface area (Å²) < 4.78 is 10.4. The van der Waals surface area contributed by atoms with Crippen LogP contribution in [-0.2, 0) is 6.42 Å². The van der Waals surface area contributed by atoms with Crippen LogP contribution in [0.15, 0.2) is 57.7 Å². The van der Waals surface area contributed by atoms with Crippen molar-refractivity contribution in [2.75, 3.05) is 6.79 Å². The molecule has 1 heterocycles. The van der Waals surface area contributed by atoms with Crippen LogP contribution in [0.5, 0.6) is 5.75 Å². The summed E-state index contributed by atoms with van der Waals surface area (Å²) in [4.78, 5) is 12.3. The molecule has 1 aromatic heterocycles. The average molecular weight is 338 g/mol. The van der Waals surface area contributed by atoms with Crippen LogP contribution >= 0.6 is 0 Å². The lowest BCUT2D eigenvalue weighted by Crippen LogP contribution is -2.03. The Morgan fingerprint density at radius 3 is 2.56 bits per heavy atom. The van der Waals surface area contributed by atoms with Crippen molar-refractivity contribution in [2.24, 2.45) is 0 Å². The molecule has 4 heteroatoms. The van der Waals surface area contributed by atoms with Gasteiger partial charge in [-0.3, -0.25) is 0 Å². The highest BCUT2D eigenvalue weighted by molar-refractivity contribution is 5.82. The Labute approximate surface area is 146 Å². The fourth-order valence-electron chi connectivity index (χ4n) is 2.89. The predicted molar refractivity (Wildman–Crippen MR) is 98.9 cm³/mol. The monoisotopic (exact) mass is 338 g/mol. The van der Waals surface area contributed by atoms with Gasteiger partial charge >= 0.3 is 5.63 Å². The summed E-state index contributed by atoms with van der Waals surface area (Å²) in [6.45, 7) is 1.78. The summed E-state index contributed by atoms with van der Waals surface area (Å²) in [6.07, 6.45) is 4.69. The highest BCUT2D eigenvalue weighted by Crippen LogP contribution is 2.25. The number of aryl methyl sites for hydroxylation is 1. The molecule has 25 heavy (non-hydrogen) atoms. The maximum absolute atomic E-state index is 12.3. The molecule has 0 saturated heterocycles. The second-order valence-electron chi connectivity index (χ2n) is 6.07. The van der Waals surface area contributed by atoms with E-state index >= 15 is 0 Å². The zero-order chi connectivity index (χ0) is 17.6. The fraction of sp³-hybridized carbons (Fsp3) is 0.286. The lowest BCUT2D eigenvalue weighted by Gasteiger charge is -2.06. The molecule has 0 radical (unpaired) electrons. The standard InChI is InChI=1S/C21H22O4/c1-2-3-4-5-15-6-8-16(9-7-15)19-12-17-10-11-18(24-14-22)13-20(17)25-21(19)23/h6-13,22H,2-5,14H2,1H3. The van der Waals surface area contributed by atoms with E-state index in [9.17, 15) is 4.79 Å². The first kappa shape index (κ1) is 17.2. The van der Waals surface area contributed by atoms with Crippen molar-refractivity contribution in [3.63, 3.8) is 0 Å². The van der Waals surface area contributed by atoms with E-state index in [-0.39, 0.29) is 5.63 Å². The molecular weight excluding hydrogens is 316 g/mol. The van der Waals surface area contributed by atoms with Gasteiger partial charge < -0.3 is 14.3 Å². The summed E-state index contributed by atoms with van der Waals surface area (Å²) in [5, 5.41) is 9.63. The summed E-state index contributed by atoms with van der Waals surface area (Å²) in [5.74, 6) is 0.460. The predicted octanol–water partition coefficient (Wildman–Crippen LogP) is 4.52. The summed E-state index contributed by atoms with van der Waals surface area (Å²) in [7, 11) is 0. The van der Waals surface area contributed by atoms with Gasteiger partial charge in [-0.25, -0.2) is 4.79 Å². The Bertz CT molecular complexity index is 894. The zero-order valence-electron chi connectivity index (χ0n) is 14.3. The number of unbranched alkanes of at least 4 members (excludes halogenated alkanes) is 2. The van der Waals surface area contributed by atoms with Crippen molar-refractivity contribution >= 4 is 11.0 Å². The Morgan fingerprint density at radius 2 is 1.84 bits per heavy atom. The molecule has 0 spiro atoms. The van der Waals surface area contributed by atoms with Gasteiger partial charge in [-0.15, -0.1) is 0 Å². The summed E-state index contributed by atoms with van der Waals surface area (Å²) in [5.41, 5.74) is 2.74. The van der Waals surface area contributed by atoms with Crippen LogP contribution in [0.4, 0.5) is 0 Å². The summed E-state index contributed by atoms with van der Waals surface area (Å²) >= 11 is 0. The van der Waals surface area contributed by atoms with E-state index in [0.29, 0.717) is 16.9 Å². The van der Waals surface area contributed by atoms with Gasteiger partial charge in [-0.1, -0.05) is 44.0 Å². The lowest BCUT2D eigenvalue weighted by molar-refractivity contribution is 0.0986. The molecule has 0 unspecified atom stereocenters. The molecule has 0 aliphatic heterocycles. The number of aliphatic hydroxyl groups excluding tert-OH is 1. The lowest BCUT2D eigenvalue weighted by atomic mass is 10.0. The molecule has 4 nitrogen and oxygen atoms in total. The van der Waals surface area contributed by atoms with Crippen LogP contribution in [0, 0.1) is 0 Å². The molecule has 1 N–H and O–H groups in total. The fourth-order valence-corrected chi connectivity index (χ4v) is 2.89. The highest BCUT2D eigenvalue weighted by atomic mass is 16.6. The molecule has 0 atom stereocenters. The molecule has 3 aromatic rings. The maximum Gasteiger partial charge on any atom is 0.344 e. The van der Waals surface area contributed by atoms with Gasteiger partial charge in [0.15, 0.2) is 6.79 Å². The van der Waals surface area contributed by atoms with E-state index in [1.54, 1.807) is 12.1 Å². The van der Waals surface area contributed by atoms with Gasteiger partial charge in [0.05, 0.1) is 5.56 Å². The van der Waals surface area contributed by atoms with Crippen LogP contribution < -0.4 is 10.4 Å². The number of ether oxygens (including phenoxy) is 1.